The molecule has 2 nitrogen and oxygen atoms in total. The number of carbonyl (C=O) groups is 1. The minimum atomic E-state index is 0.199. The van der Waals surface area contributed by atoms with Crippen molar-refractivity contribution in [2.24, 2.45) is 0 Å². The highest BCUT2D eigenvalue weighted by Gasteiger charge is 2.24. The van der Waals surface area contributed by atoms with Crippen molar-refractivity contribution >= 4 is 28.4 Å². The Kier molecular flexibility index (Phi) is 2.29. The van der Waals surface area contributed by atoms with Gasteiger partial charge in [-0.1, -0.05) is 48.2 Å². The average Bonchev–Trinajstić information content (AvgIpc) is 2.72. The van der Waals surface area contributed by atoms with E-state index < -0.39 is 0 Å². The van der Waals surface area contributed by atoms with E-state index in [1.54, 1.807) is 11.8 Å². The van der Waals surface area contributed by atoms with E-state index in [2.05, 4.69) is 11.1 Å². The number of aromatic nitrogens is 1. The highest BCUT2D eigenvalue weighted by Crippen LogP contribution is 2.39. The van der Waals surface area contributed by atoms with Crippen LogP contribution in [-0.4, -0.2) is 10.8 Å². The molecule has 0 aliphatic carbocycles. The molecule has 3 aromatic rings. The number of aromatic amines is 1. The molecule has 0 atom stereocenters. The lowest BCUT2D eigenvalue weighted by molar-refractivity contribution is 0.0992. The zero-order valence-corrected chi connectivity index (χ0v) is 11.0. The van der Waals surface area contributed by atoms with E-state index in [0.717, 1.165) is 27.1 Å². The molecule has 0 radical (unpaired) electrons. The van der Waals surface area contributed by atoms with Gasteiger partial charge in [0.25, 0.3) is 0 Å². The van der Waals surface area contributed by atoms with Crippen molar-refractivity contribution < 1.29 is 4.79 Å². The van der Waals surface area contributed by atoms with Gasteiger partial charge in [0.05, 0.1) is 10.6 Å². The molecule has 0 saturated heterocycles. The van der Waals surface area contributed by atoms with Crippen LogP contribution in [0.4, 0.5) is 0 Å². The number of carbonyl (C=O) groups excluding carboxylic acids is 1. The van der Waals surface area contributed by atoms with Gasteiger partial charge in [-0.3, -0.25) is 4.79 Å². The minimum absolute atomic E-state index is 0.199. The van der Waals surface area contributed by atoms with Gasteiger partial charge in [0.15, 0.2) is 5.78 Å². The summed E-state index contributed by atoms with van der Waals surface area (Å²) in [6.07, 6.45) is 0.484. The summed E-state index contributed by atoms with van der Waals surface area (Å²) >= 11 is 1.66. The normalized spacial score (nSPS) is 14.0. The van der Waals surface area contributed by atoms with Gasteiger partial charge in [-0.15, -0.1) is 0 Å². The van der Waals surface area contributed by atoms with E-state index in [1.807, 2.05) is 42.5 Å². The van der Waals surface area contributed by atoms with Gasteiger partial charge in [-0.2, -0.15) is 0 Å². The second kappa shape index (κ2) is 4.00. The van der Waals surface area contributed by atoms with Crippen LogP contribution in [0.3, 0.4) is 0 Å². The second-order valence-electron chi connectivity index (χ2n) is 4.68. The summed E-state index contributed by atoms with van der Waals surface area (Å²) < 4.78 is 0. The Balaban J connectivity index is 2.00. The van der Waals surface area contributed by atoms with Crippen LogP contribution in [0.25, 0.3) is 10.9 Å². The highest BCUT2D eigenvalue weighted by molar-refractivity contribution is 7.99. The van der Waals surface area contributed by atoms with Gasteiger partial charge in [-0.25, -0.2) is 0 Å². The molecule has 0 amide bonds. The van der Waals surface area contributed by atoms with Crippen LogP contribution >= 0.6 is 11.8 Å². The number of para-hydroxylation sites is 1. The summed E-state index contributed by atoms with van der Waals surface area (Å²) in [5.74, 6) is 0.199. The molecule has 19 heavy (non-hydrogen) atoms. The number of Topliss-reactive ketones (excluding diaryl/α,β-unsaturated/α-hetero) is 1. The quantitative estimate of drug-likeness (QED) is 0.665. The van der Waals surface area contributed by atoms with Crippen molar-refractivity contribution in [3.63, 3.8) is 0 Å². The first kappa shape index (κ1) is 10.9. The number of H-pyrrole nitrogens is 1. The summed E-state index contributed by atoms with van der Waals surface area (Å²) in [4.78, 5) is 17.0. The maximum Gasteiger partial charge on any atom is 0.170 e. The first-order valence-electron chi connectivity index (χ1n) is 6.22. The van der Waals surface area contributed by atoms with Gasteiger partial charge in [0.2, 0.25) is 0 Å². The van der Waals surface area contributed by atoms with E-state index >= 15 is 0 Å². The first-order chi connectivity index (χ1) is 9.33. The summed E-state index contributed by atoms with van der Waals surface area (Å²) in [7, 11) is 0. The zero-order valence-electron chi connectivity index (χ0n) is 10.1. The Morgan fingerprint density at radius 3 is 2.74 bits per heavy atom. The SMILES string of the molecule is O=C1Cc2ccccc2Sc2[nH]c3ccccc3c21. The van der Waals surface area contributed by atoms with E-state index in [-0.39, 0.29) is 5.78 Å². The Labute approximate surface area is 114 Å². The molecule has 1 aromatic heterocycles. The molecule has 2 heterocycles. The van der Waals surface area contributed by atoms with Crippen molar-refractivity contribution in [2.75, 3.05) is 0 Å². The number of ketones is 1. The molecule has 0 fully saturated rings. The molecule has 2 aromatic carbocycles. The highest BCUT2D eigenvalue weighted by atomic mass is 32.2. The largest absolute Gasteiger partial charge is 0.349 e. The number of nitrogens with one attached hydrogen (secondary N) is 1. The molecule has 4 rings (SSSR count). The number of rotatable bonds is 0. The fourth-order valence-electron chi connectivity index (χ4n) is 2.59. The summed E-state index contributed by atoms with van der Waals surface area (Å²) in [5.41, 5.74) is 3.00. The molecule has 92 valence electrons. The maximum absolute atomic E-state index is 12.5. The molecular formula is C16H11NOS. The van der Waals surface area contributed by atoms with Crippen LogP contribution in [0.15, 0.2) is 58.5 Å². The fourth-order valence-corrected chi connectivity index (χ4v) is 3.72. The van der Waals surface area contributed by atoms with Crippen LogP contribution in [0, 0.1) is 0 Å². The van der Waals surface area contributed by atoms with Crippen molar-refractivity contribution in [3.05, 3.63) is 59.7 Å². The molecule has 0 spiro atoms. The topological polar surface area (TPSA) is 32.9 Å². The monoisotopic (exact) mass is 265 g/mol. The number of hydrogen-bond acceptors (Lipinski definition) is 2. The number of hydrogen-bond donors (Lipinski definition) is 1. The van der Waals surface area contributed by atoms with E-state index in [0.29, 0.717) is 6.42 Å². The van der Waals surface area contributed by atoms with Gasteiger partial charge in [0, 0.05) is 22.2 Å². The van der Waals surface area contributed by atoms with Gasteiger partial charge >= 0.3 is 0 Å². The predicted molar refractivity (Wildman–Crippen MR) is 76.9 cm³/mol. The van der Waals surface area contributed by atoms with Crippen molar-refractivity contribution in [1.29, 1.82) is 0 Å². The minimum Gasteiger partial charge on any atom is -0.349 e. The van der Waals surface area contributed by atoms with Crippen molar-refractivity contribution in [3.8, 4) is 0 Å². The van der Waals surface area contributed by atoms with Crippen LogP contribution in [0.5, 0.6) is 0 Å². The van der Waals surface area contributed by atoms with Crippen LogP contribution in [0.2, 0.25) is 0 Å². The molecule has 1 aliphatic heterocycles. The summed E-state index contributed by atoms with van der Waals surface area (Å²) in [5, 5.41) is 2.00. The third kappa shape index (κ3) is 1.62. The van der Waals surface area contributed by atoms with Crippen molar-refractivity contribution in [2.45, 2.75) is 16.3 Å². The molecule has 0 bridgehead atoms. The molecule has 1 N–H and O–H groups in total. The maximum atomic E-state index is 12.5. The van der Waals surface area contributed by atoms with Gasteiger partial charge < -0.3 is 4.98 Å². The average molecular weight is 265 g/mol. The summed E-state index contributed by atoms with van der Waals surface area (Å²) in [6.45, 7) is 0. The van der Waals surface area contributed by atoms with E-state index in [9.17, 15) is 4.79 Å². The van der Waals surface area contributed by atoms with Crippen LogP contribution in [-0.2, 0) is 6.42 Å². The lowest BCUT2D eigenvalue weighted by Crippen LogP contribution is -2.02. The van der Waals surface area contributed by atoms with E-state index in [4.69, 9.17) is 0 Å². The Morgan fingerprint density at radius 2 is 1.79 bits per heavy atom. The number of benzene rings is 2. The summed E-state index contributed by atoms with van der Waals surface area (Å²) in [6, 6.07) is 16.1. The second-order valence-corrected chi connectivity index (χ2v) is 5.74. The van der Waals surface area contributed by atoms with Gasteiger partial charge in [-0.05, 0) is 17.7 Å². The van der Waals surface area contributed by atoms with E-state index in [1.165, 1.54) is 4.90 Å². The molecule has 1 aliphatic rings. The molecule has 0 saturated carbocycles. The standard InChI is InChI=1S/C16H11NOS/c18-13-9-10-5-1-4-8-14(10)19-16-15(13)11-6-2-3-7-12(11)17-16/h1-8,17H,9H2. The Morgan fingerprint density at radius 1 is 1.00 bits per heavy atom. The number of fused-ring (bicyclic) bond motifs is 4. The lowest BCUT2D eigenvalue weighted by atomic mass is 10.0. The van der Waals surface area contributed by atoms with Crippen molar-refractivity contribution in [1.82, 2.24) is 4.98 Å². The smallest absolute Gasteiger partial charge is 0.170 e. The lowest BCUT2D eigenvalue weighted by Gasteiger charge is -2.02. The first-order valence-corrected chi connectivity index (χ1v) is 7.04. The third-order valence-corrected chi connectivity index (χ3v) is 4.61. The van der Waals surface area contributed by atoms with Crippen LogP contribution in [0.1, 0.15) is 15.9 Å². The van der Waals surface area contributed by atoms with Crippen LogP contribution < -0.4 is 0 Å². The Bertz CT molecular complexity index is 803. The predicted octanol–water partition coefficient (Wildman–Crippen LogP) is 4.06. The third-order valence-electron chi connectivity index (χ3n) is 3.49. The molecule has 0 unspecified atom stereocenters. The molecular weight excluding hydrogens is 254 g/mol. The zero-order chi connectivity index (χ0) is 12.8. The van der Waals surface area contributed by atoms with Gasteiger partial charge in [0.1, 0.15) is 0 Å². The molecule has 3 heteroatoms. The fraction of sp³-hybridized carbons (Fsp3) is 0.0625. The Hall–Kier alpha value is -2.00.